The Morgan fingerprint density at radius 3 is 2.22 bits per heavy atom. The summed E-state index contributed by atoms with van der Waals surface area (Å²) in [5.41, 5.74) is 1.09. The standard InChI is InChI=1S/C24H34N4O4/c1-17(32-21-8-6-20(29-3)7-9-21)15-26-24(25-2)27-18-10-11-28(16-18)19-12-22(30-4)14-23(13-19)31-5/h6-9,12-14,17-18H,10-11,15-16H2,1-5H3,(H2,25,26,27). The Kier molecular flexibility index (Phi) is 8.30. The monoisotopic (exact) mass is 442 g/mol. The molecule has 0 bridgehead atoms. The number of anilines is 1. The molecule has 8 heteroatoms. The second-order valence-electron chi connectivity index (χ2n) is 7.70. The third-order valence-corrected chi connectivity index (χ3v) is 5.41. The van der Waals surface area contributed by atoms with Crippen molar-refractivity contribution in [2.45, 2.75) is 25.5 Å². The van der Waals surface area contributed by atoms with E-state index in [2.05, 4.69) is 20.5 Å². The fourth-order valence-corrected chi connectivity index (χ4v) is 3.64. The van der Waals surface area contributed by atoms with Crippen LogP contribution in [-0.2, 0) is 0 Å². The van der Waals surface area contributed by atoms with Crippen LogP contribution >= 0.6 is 0 Å². The quantitative estimate of drug-likeness (QED) is 0.457. The Hall–Kier alpha value is -3.29. The number of guanidine groups is 1. The molecule has 32 heavy (non-hydrogen) atoms. The lowest BCUT2D eigenvalue weighted by atomic mass is 10.2. The molecule has 8 nitrogen and oxygen atoms in total. The summed E-state index contributed by atoms with van der Waals surface area (Å²) in [6.45, 7) is 4.48. The molecule has 1 aliphatic rings. The minimum atomic E-state index is -0.0220. The molecule has 0 saturated carbocycles. The molecular formula is C24H34N4O4. The van der Waals surface area contributed by atoms with Crippen LogP contribution in [0.3, 0.4) is 0 Å². The molecule has 0 spiro atoms. The van der Waals surface area contributed by atoms with Gasteiger partial charge in [-0.15, -0.1) is 0 Å². The molecule has 0 aromatic heterocycles. The van der Waals surface area contributed by atoms with Gasteiger partial charge in [-0.3, -0.25) is 4.99 Å². The van der Waals surface area contributed by atoms with Gasteiger partial charge in [-0.05, 0) is 37.6 Å². The molecule has 1 saturated heterocycles. The molecule has 2 aromatic carbocycles. The van der Waals surface area contributed by atoms with Crippen molar-refractivity contribution in [3.05, 3.63) is 42.5 Å². The first-order chi connectivity index (χ1) is 15.5. The molecule has 2 N–H and O–H groups in total. The second kappa shape index (κ2) is 11.4. The highest BCUT2D eigenvalue weighted by atomic mass is 16.5. The van der Waals surface area contributed by atoms with Gasteiger partial charge in [0.15, 0.2) is 5.96 Å². The van der Waals surface area contributed by atoms with Crippen LogP contribution in [0.15, 0.2) is 47.5 Å². The Bertz CT molecular complexity index is 866. The van der Waals surface area contributed by atoms with Crippen molar-refractivity contribution in [3.8, 4) is 23.0 Å². The fourth-order valence-electron chi connectivity index (χ4n) is 3.64. The molecule has 1 heterocycles. The minimum Gasteiger partial charge on any atom is -0.497 e. The van der Waals surface area contributed by atoms with Crippen molar-refractivity contribution in [2.24, 2.45) is 4.99 Å². The molecule has 2 unspecified atom stereocenters. The van der Waals surface area contributed by atoms with E-state index in [1.54, 1.807) is 28.4 Å². The first-order valence-electron chi connectivity index (χ1n) is 10.8. The normalized spacial score (nSPS) is 17.0. The zero-order valence-corrected chi connectivity index (χ0v) is 19.6. The Morgan fingerprint density at radius 1 is 1.00 bits per heavy atom. The molecule has 3 rings (SSSR count). The van der Waals surface area contributed by atoms with Gasteiger partial charge in [0.25, 0.3) is 0 Å². The van der Waals surface area contributed by atoms with Crippen LogP contribution in [0.4, 0.5) is 5.69 Å². The third-order valence-electron chi connectivity index (χ3n) is 5.41. The zero-order chi connectivity index (χ0) is 22.9. The third kappa shape index (κ3) is 6.35. The van der Waals surface area contributed by atoms with Gasteiger partial charge < -0.3 is 34.5 Å². The summed E-state index contributed by atoms with van der Waals surface area (Å²) in [7, 11) is 6.77. The van der Waals surface area contributed by atoms with Gasteiger partial charge in [-0.2, -0.15) is 0 Å². The first kappa shape index (κ1) is 23.4. The van der Waals surface area contributed by atoms with E-state index < -0.39 is 0 Å². The molecule has 1 fully saturated rings. The van der Waals surface area contributed by atoms with E-state index in [9.17, 15) is 0 Å². The van der Waals surface area contributed by atoms with E-state index in [0.717, 1.165) is 54.2 Å². The number of nitrogens with one attached hydrogen (secondary N) is 2. The number of aliphatic imine (C=N–C) groups is 1. The molecule has 0 amide bonds. The summed E-state index contributed by atoms with van der Waals surface area (Å²) < 4.78 is 22.0. The van der Waals surface area contributed by atoms with Gasteiger partial charge in [-0.25, -0.2) is 0 Å². The van der Waals surface area contributed by atoms with Crippen molar-refractivity contribution in [3.63, 3.8) is 0 Å². The number of hydrogen-bond acceptors (Lipinski definition) is 6. The number of ether oxygens (including phenoxy) is 4. The van der Waals surface area contributed by atoms with Gasteiger partial charge in [0.05, 0.1) is 27.9 Å². The average molecular weight is 443 g/mol. The van der Waals surface area contributed by atoms with Gasteiger partial charge in [0, 0.05) is 50.1 Å². The highest BCUT2D eigenvalue weighted by Crippen LogP contribution is 2.30. The molecule has 0 radical (unpaired) electrons. The lowest BCUT2D eigenvalue weighted by Crippen LogP contribution is -2.47. The Balaban J connectivity index is 1.48. The second-order valence-corrected chi connectivity index (χ2v) is 7.70. The summed E-state index contributed by atoms with van der Waals surface area (Å²) in [6.07, 6.45) is 0.990. The first-order valence-corrected chi connectivity index (χ1v) is 10.8. The number of rotatable bonds is 9. The fraction of sp³-hybridized carbons (Fsp3) is 0.458. The summed E-state index contributed by atoms with van der Waals surface area (Å²) in [5, 5.41) is 6.88. The van der Waals surface area contributed by atoms with Crippen molar-refractivity contribution in [1.82, 2.24) is 10.6 Å². The highest BCUT2D eigenvalue weighted by molar-refractivity contribution is 5.80. The maximum Gasteiger partial charge on any atom is 0.191 e. The summed E-state index contributed by atoms with van der Waals surface area (Å²) in [6, 6.07) is 13.8. The minimum absolute atomic E-state index is 0.0220. The van der Waals surface area contributed by atoms with Crippen molar-refractivity contribution < 1.29 is 18.9 Å². The van der Waals surface area contributed by atoms with E-state index in [1.165, 1.54) is 0 Å². The van der Waals surface area contributed by atoms with Gasteiger partial charge >= 0.3 is 0 Å². The SMILES string of the molecule is CN=C(NCC(C)Oc1ccc(OC)cc1)NC1CCN(c2cc(OC)cc(OC)c2)C1. The average Bonchev–Trinajstić information content (AvgIpc) is 3.30. The molecule has 2 aromatic rings. The number of hydrogen-bond donors (Lipinski definition) is 2. The smallest absolute Gasteiger partial charge is 0.191 e. The van der Waals surface area contributed by atoms with E-state index >= 15 is 0 Å². The van der Waals surface area contributed by atoms with Gasteiger partial charge in [0.2, 0.25) is 0 Å². The summed E-state index contributed by atoms with van der Waals surface area (Å²) >= 11 is 0. The predicted molar refractivity (Wildman–Crippen MR) is 128 cm³/mol. The number of methoxy groups -OCH3 is 3. The van der Waals surface area contributed by atoms with Crippen molar-refractivity contribution in [1.29, 1.82) is 0 Å². The van der Waals surface area contributed by atoms with Crippen LogP contribution in [0.1, 0.15) is 13.3 Å². The van der Waals surface area contributed by atoms with Crippen LogP contribution < -0.4 is 34.5 Å². The highest BCUT2D eigenvalue weighted by Gasteiger charge is 2.24. The number of benzene rings is 2. The van der Waals surface area contributed by atoms with E-state index in [4.69, 9.17) is 18.9 Å². The number of nitrogens with zero attached hydrogens (tertiary/aromatic N) is 2. The van der Waals surface area contributed by atoms with Crippen LogP contribution in [0.25, 0.3) is 0 Å². The Labute approximate surface area is 190 Å². The van der Waals surface area contributed by atoms with E-state index in [0.29, 0.717) is 6.54 Å². The largest absolute Gasteiger partial charge is 0.497 e. The van der Waals surface area contributed by atoms with Crippen molar-refractivity contribution >= 4 is 11.6 Å². The Morgan fingerprint density at radius 2 is 1.62 bits per heavy atom. The molecular weight excluding hydrogens is 408 g/mol. The topological polar surface area (TPSA) is 76.6 Å². The lowest BCUT2D eigenvalue weighted by Gasteiger charge is -2.22. The lowest BCUT2D eigenvalue weighted by molar-refractivity contribution is 0.223. The molecule has 0 aliphatic carbocycles. The zero-order valence-electron chi connectivity index (χ0n) is 19.6. The van der Waals surface area contributed by atoms with E-state index in [-0.39, 0.29) is 12.1 Å². The van der Waals surface area contributed by atoms with Crippen LogP contribution in [-0.4, -0.2) is 66.1 Å². The van der Waals surface area contributed by atoms with Gasteiger partial charge in [0.1, 0.15) is 29.1 Å². The summed E-state index contributed by atoms with van der Waals surface area (Å²) in [5.74, 6) is 3.97. The van der Waals surface area contributed by atoms with E-state index in [1.807, 2.05) is 49.4 Å². The van der Waals surface area contributed by atoms with Gasteiger partial charge in [-0.1, -0.05) is 0 Å². The molecule has 174 valence electrons. The maximum absolute atomic E-state index is 5.96. The molecule has 2 atom stereocenters. The van der Waals surface area contributed by atoms with Crippen LogP contribution in [0.2, 0.25) is 0 Å². The van der Waals surface area contributed by atoms with Crippen LogP contribution in [0, 0.1) is 0 Å². The van der Waals surface area contributed by atoms with Crippen LogP contribution in [0.5, 0.6) is 23.0 Å². The predicted octanol–water partition coefficient (Wildman–Crippen LogP) is 2.92. The molecule has 1 aliphatic heterocycles. The summed E-state index contributed by atoms with van der Waals surface area (Å²) in [4.78, 5) is 6.69. The van der Waals surface area contributed by atoms with Crippen molar-refractivity contribution in [2.75, 3.05) is 52.9 Å². The maximum atomic E-state index is 5.96.